The van der Waals surface area contributed by atoms with E-state index >= 15 is 0 Å². The molecule has 1 saturated carbocycles. The largest absolute Gasteiger partial charge is 0.335 e. The van der Waals surface area contributed by atoms with Crippen LogP contribution < -0.4 is 21.5 Å². The highest BCUT2D eigenvalue weighted by Gasteiger charge is 2.37. The summed E-state index contributed by atoms with van der Waals surface area (Å²) in [4.78, 5) is 52.0. The third-order valence-electron chi connectivity index (χ3n) is 7.62. The molecular weight excluding hydrogens is 458 g/mol. The molecule has 2 bridgehead atoms. The fraction of sp³-hybridized carbons (Fsp3) is 0.481. The van der Waals surface area contributed by atoms with Crippen LogP contribution in [0.4, 0.5) is 21.0 Å². The lowest BCUT2D eigenvalue weighted by Crippen LogP contribution is -2.53. The van der Waals surface area contributed by atoms with Gasteiger partial charge in [-0.1, -0.05) is 19.3 Å². The molecule has 1 aromatic heterocycles. The molecule has 2 aromatic rings. The number of ketones is 1. The molecule has 3 N–H and O–H groups in total. The van der Waals surface area contributed by atoms with Gasteiger partial charge in [0.1, 0.15) is 5.69 Å². The third kappa shape index (κ3) is 5.15. The monoisotopic (exact) mass is 491 g/mol. The summed E-state index contributed by atoms with van der Waals surface area (Å²) in [6.45, 7) is 3.24. The predicted molar refractivity (Wildman–Crippen MR) is 138 cm³/mol. The standard InChI is InChI=1S/C27H33N5O4/c1-17(33)19-7-9-22(10-8-19)28-26(35)30-23-11-12-24-20-13-18(15-32(24)25(23)34)14-31(16-20)27(36)29-21-5-3-2-4-6-21/h7-12,18,20-21H,2-6,13-16H2,1H3,(H,29,36)(H2,28,30,35). The number of urea groups is 2. The van der Waals surface area contributed by atoms with Gasteiger partial charge >= 0.3 is 12.1 Å². The maximum absolute atomic E-state index is 13.2. The third-order valence-corrected chi connectivity index (χ3v) is 7.62. The van der Waals surface area contributed by atoms with Gasteiger partial charge in [-0.3, -0.25) is 9.59 Å². The number of carbonyl (C=O) groups is 3. The second-order valence-corrected chi connectivity index (χ2v) is 10.3. The van der Waals surface area contributed by atoms with Gasteiger partial charge in [0.15, 0.2) is 5.78 Å². The van der Waals surface area contributed by atoms with Gasteiger partial charge in [0.25, 0.3) is 5.56 Å². The highest BCUT2D eigenvalue weighted by molar-refractivity contribution is 6.00. The van der Waals surface area contributed by atoms with Crippen molar-refractivity contribution in [2.45, 2.75) is 64.0 Å². The number of Topliss-reactive ketones (excluding diaryl/α,β-unsaturated/α-hetero) is 1. The number of hydrogen-bond acceptors (Lipinski definition) is 4. The summed E-state index contributed by atoms with van der Waals surface area (Å²) < 4.78 is 1.76. The molecule has 5 rings (SSSR count). The van der Waals surface area contributed by atoms with E-state index in [-0.39, 0.29) is 40.9 Å². The normalized spacial score (nSPS) is 21.3. The number of nitrogens with zero attached hydrogens (tertiary/aromatic N) is 2. The van der Waals surface area contributed by atoms with E-state index in [2.05, 4.69) is 16.0 Å². The Morgan fingerprint density at radius 1 is 0.889 bits per heavy atom. The van der Waals surface area contributed by atoms with Crippen molar-refractivity contribution in [3.8, 4) is 0 Å². The molecule has 3 aliphatic rings. The van der Waals surface area contributed by atoms with E-state index < -0.39 is 6.03 Å². The number of nitrogens with one attached hydrogen (secondary N) is 3. The van der Waals surface area contributed by atoms with Crippen LogP contribution in [0.25, 0.3) is 0 Å². The van der Waals surface area contributed by atoms with Gasteiger partial charge in [-0.15, -0.1) is 0 Å². The topological polar surface area (TPSA) is 113 Å². The Bertz CT molecular complexity index is 1220. The van der Waals surface area contributed by atoms with Crippen LogP contribution in [0.5, 0.6) is 0 Å². The average molecular weight is 492 g/mol. The second kappa shape index (κ2) is 10.2. The lowest BCUT2D eigenvalue weighted by atomic mass is 9.83. The Morgan fingerprint density at radius 3 is 2.36 bits per heavy atom. The molecule has 190 valence electrons. The Balaban J connectivity index is 1.24. The molecule has 9 nitrogen and oxygen atoms in total. The van der Waals surface area contributed by atoms with Crippen molar-refractivity contribution >= 4 is 29.2 Å². The van der Waals surface area contributed by atoms with E-state index in [4.69, 9.17) is 0 Å². The van der Waals surface area contributed by atoms with Gasteiger partial charge in [-0.2, -0.15) is 0 Å². The number of fused-ring (bicyclic) bond motifs is 4. The van der Waals surface area contributed by atoms with Gasteiger partial charge < -0.3 is 25.4 Å². The van der Waals surface area contributed by atoms with Crippen molar-refractivity contribution in [3.63, 3.8) is 0 Å². The molecule has 2 atom stereocenters. The smallest absolute Gasteiger partial charge is 0.323 e. The zero-order valence-corrected chi connectivity index (χ0v) is 20.6. The molecule has 1 aromatic carbocycles. The fourth-order valence-corrected chi connectivity index (χ4v) is 5.79. The molecule has 0 spiro atoms. The van der Waals surface area contributed by atoms with Crippen molar-refractivity contribution < 1.29 is 14.4 Å². The summed E-state index contributed by atoms with van der Waals surface area (Å²) in [6, 6.07) is 9.88. The number of amides is 4. The molecule has 2 aliphatic heterocycles. The molecule has 4 amide bonds. The Kier molecular flexibility index (Phi) is 6.80. The number of likely N-dealkylation sites (tertiary alicyclic amines) is 1. The lowest BCUT2D eigenvalue weighted by Gasteiger charge is -2.43. The molecule has 36 heavy (non-hydrogen) atoms. The van der Waals surface area contributed by atoms with Crippen molar-refractivity contribution in [2.24, 2.45) is 5.92 Å². The summed E-state index contributed by atoms with van der Waals surface area (Å²) in [7, 11) is 0. The first-order valence-corrected chi connectivity index (χ1v) is 12.9. The first kappa shape index (κ1) is 24.1. The molecule has 3 heterocycles. The van der Waals surface area contributed by atoms with Crippen LogP contribution in [0.3, 0.4) is 0 Å². The maximum Gasteiger partial charge on any atom is 0.323 e. The molecular formula is C27H33N5O4. The molecule has 1 saturated heterocycles. The lowest BCUT2D eigenvalue weighted by molar-refractivity contribution is 0.101. The Labute approximate surface area is 210 Å². The Hall–Kier alpha value is -3.62. The summed E-state index contributed by atoms with van der Waals surface area (Å²) >= 11 is 0. The van der Waals surface area contributed by atoms with Crippen molar-refractivity contribution in [2.75, 3.05) is 23.7 Å². The van der Waals surface area contributed by atoms with Crippen LogP contribution in [0, 0.1) is 5.92 Å². The fourth-order valence-electron chi connectivity index (χ4n) is 5.79. The summed E-state index contributed by atoms with van der Waals surface area (Å²) in [5.41, 5.74) is 1.98. The highest BCUT2D eigenvalue weighted by Crippen LogP contribution is 2.35. The number of rotatable bonds is 4. The van der Waals surface area contributed by atoms with Crippen molar-refractivity contribution in [1.82, 2.24) is 14.8 Å². The van der Waals surface area contributed by atoms with Crippen LogP contribution in [-0.2, 0) is 6.54 Å². The van der Waals surface area contributed by atoms with Crippen molar-refractivity contribution in [3.05, 3.63) is 58.0 Å². The molecule has 9 heteroatoms. The van der Waals surface area contributed by atoms with Crippen LogP contribution in [-0.4, -0.2) is 46.4 Å². The molecule has 2 fully saturated rings. The number of benzene rings is 1. The quantitative estimate of drug-likeness (QED) is 0.558. The highest BCUT2D eigenvalue weighted by atomic mass is 16.2. The van der Waals surface area contributed by atoms with Gasteiger partial charge in [0.2, 0.25) is 0 Å². The van der Waals surface area contributed by atoms with Crippen LogP contribution >= 0.6 is 0 Å². The molecule has 1 aliphatic carbocycles. The summed E-state index contributed by atoms with van der Waals surface area (Å²) in [5.74, 6) is 0.255. The van der Waals surface area contributed by atoms with Gasteiger partial charge in [0, 0.05) is 48.5 Å². The number of piperidine rings is 1. The number of pyridine rings is 1. The van der Waals surface area contributed by atoms with E-state index in [1.54, 1.807) is 34.9 Å². The number of anilines is 2. The molecule has 2 unspecified atom stereocenters. The number of aromatic nitrogens is 1. The zero-order chi connectivity index (χ0) is 25.2. The average Bonchev–Trinajstić information content (AvgIpc) is 2.87. The van der Waals surface area contributed by atoms with Gasteiger partial charge in [-0.25, -0.2) is 9.59 Å². The Morgan fingerprint density at radius 2 is 1.64 bits per heavy atom. The van der Waals surface area contributed by atoms with Gasteiger partial charge in [-0.05, 0) is 68.5 Å². The van der Waals surface area contributed by atoms with Gasteiger partial charge in [0.05, 0.1) is 0 Å². The summed E-state index contributed by atoms with van der Waals surface area (Å²) in [6.07, 6.45) is 6.66. The van der Waals surface area contributed by atoms with E-state index in [0.717, 1.165) is 25.0 Å². The van der Waals surface area contributed by atoms with E-state index in [0.29, 0.717) is 30.9 Å². The zero-order valence-electron chi connectivity index (χ0n) is 20.6. The minimum Gasteiger partial charge on any atom is -0.335 e. The van der Waals surface area contributed by atoms with Crippen LogP contribution in [0.1, 0.15) is 67.4 Å². The van der Waals surface area contributed by atoms with Crippen LogP contribution in [0.15, 0.2) is 41.2 Å². The SMILES string of the molecule is CC(=O)c1ccc(NC(=O)Nc2ccc3n(c2=O)CC2CC3CN(C(=O)NC3CCCCC3)C2)cc1. The van der Waals surface area contributed by atoms with Crippen molar-refractivity contribution in [1.29, 1.82) is 0 Å². The van der Waals surface area contributed by atoms with E-state index in [1.807, 2.05) is 11.0 Å². The van der Waals surface area contributed by atoms with E-state index in [9.17, 15) is 19.2 Å². The predicted octanol–water partition coefficient (Wildman–Crippen LogP) is 4.16. The summed E-state index contributed by atoms with van der Waals surface area (Å²) in [5, 5.41) is 8.57. The van der Waals surface area contributed by atoms with E-state index in [1.165, 1.54) is 26.2 Å². The first-order valence-electron chi connectivity index (χ1n) is 12.9. The maximum atomic E-state index is 13.2. The number of carbonyl (C=O) groups excluding carboxylic acids is 3. The molecule has 0 radical (unpaired) electrons. The minimum absolute atomic E-state index is 0.0127. The first-order chi connectivity index (χ1) is 17.4. The second-order valence-electron chi connectivity index (χ2n) is 10.3. The minimum atomic E-state index is -0.523. The number of hydrogen-bond donors (Lipinski definition) is 3. The van der Waals surface area contributed by atoms with Crippen LogP contribution in [0.2, 0.25) is 0 Å².